The molecule has 0 unspecified atom stereocenters. The SMILES string of the molecule is Fc1ccc(Br)cc1Oc1cccc(CCl)c1. The van der Waals surface area contributed by atoms with E-state index in [2.05, 4.69) is 15.9 Å². The molecular formula is C13H9BrClFO. The molecule has 0 aliphatic rings. The number of benzene rings is 2. The fourth-order valence-electron chi connectivity index (χ4n) is 1.37. The van der Waals surface area contributed by atoms with Crippen LogP contribution in [0.2, 0.25) is 0 Å². The standard InChI is InChI=1S/C13H9BrClFO/c14-10-4-5-12(16)13(7-10)17-11-3-1-2-9(6-11)8-15/h1-7H,8H2. The van der Waals surface area contributed by atoms with E-state index < -0.39 is 5.82 Å². The van der Waals surface area contributed by atoms with Crippen LogP contribution in [0.1, 0.15) is 5.56 Å². The molecule has 4 heteroatoms. The first-order valence-corrected chi connectivity index (χ1v) is 6.29. The largest absolute Gasteiger partial charge is 0.454 e. The summed E-state index contributed by atoms with van der Waals surface area (Å²) in [6, 6.07) is 11.8. The molecule has 0 atom stereocenters. The Labute approximate surface area is 112 Å². The number of ether oxygens (including phenoxy) is 1. The Morgan fingerprint density at radius 3 is 2.76 bits per heavy atom. The van der Waals surface area contributed by atoms with Gasteiger partial charge < -0.3 is 4.74 Å². The molecule has 2 rings (SSSR count). The normalized spacial score (nSPS) is 10.3. The molecule has 0 aliphatic carbocycles. The number of hydrogen-bond donors (Lipinski definition) is 0. The maximum absolute atomic E-state index is 13.5. The second-order valence-electron chi connectivity index (χ2n) is 3.46. The molecule has 0 heterocycles. The number of hydrogen-bond acceptors (Lipinski definition) is 1. The third kappa shape index (κ3) is 3.20. The highest BCUT2D eigenvalue weighted by Gasteiger charge is 2.05. The highest BCUT2D eigenvalue weighted by atomic mass is 79.9. The van der Waals surface area contributed by atoms with Crippen molar-refractivity contribution in [1.82, 2.24) is 0 Å². The number of rotatable bonds is 3. The van der Waals surface area contributed by atoms with Crippen LogP contribution >= 0.6 is 27.5 Å². The zero-order valence-electron chi connectivity index (χ0n) is 8.79. The molecule has 0 amide bonds. The molecule has 0 N–H and O–H groups in total. The first-order chi connectivity index (χ1) is 8.19. The Morgan fingerprint density at radius 1 is 1.18 bits per heavy atom. The van der Waals surface area contributed by atoms with E-state index in [0.717, 1.165) is 10.0 Å². The maximum atomic E-state index is 13.5. The van der Waals surface area contributed by atoms with Crippen molar-refractivity contribution in [2.24, 2.45) is 0 Å². The first kappa shape index (κ1) is 12.4. The van der Waals surface area contributed by atoms with Crippen molar-refractivity contribution < 1.29 is 9.13 Å². The van der Waals surface area contributed by atoms with Crippen LogP contribution in [0, 0.1) is 5.82 Å². The van der Waals surface area contributed by atoms with E-state index in [0.29, 0.717) is 11.6 Å². The minimum atomic E-state index is -0.399. The summed E-state index contributed by atoms with van der Waals surface area (Å²) in [6.45, 7) is 0. The molecule has 0 aliphatic heterocycles. The van der Waals surface area contributed by atoms with Crippen LogP contribution in [0.3, 0.4) is 0 Å². The van der Waals surface area contributed by atoms with Crippen LogP contribution in [-0.2, 0) is 5.88 Å². The van der Waals surface area contributed by atoms with Crippen molar-refractivity contribution in [3.05, 3.63) is 58.3 Å². The lowest BCUT2D eigenvalue weighted by Gasteiger charge is -2.08. The van der Waals surface area contributed by atoms with E-state index in [1.54, 1.807) is 24.3 Å². The lowest BCUT2D eigenvalue weighted by molar-refractivity contribution is 0.441. The third-order valence-corrected chi connectivity index (χ3v) is 2.98. The molecule has 17 heavy (non-hydrogen) atoms. The number of halogens is 3. The van der Waals surface area contributed by atoms with Crippen LogP contribution in [0.4, 0.5) is 4.39 Å². The Morgan fingerprint density at radius 2 is 2.00 bits per heavy atom. The molecule has 0 saturated carbocycles. The van der Waals surface area contributed by atoms with Gasteiger partial charge in [0, 0.05) is 10.4 Å². The van der Waals surface area contributed by atoms with E-state index in [9.17, 15) is 4.39 Å². The summed E-state index contributed by atoms with van der Waals surface area (Å²) in [5, 5.41) is 0. The van der Waals surface area contributed by atoms with Gasteiger partial charge in [-0.2, -0.15) is 0 Å². The van der Waals surface area contributed by atoms with Gasteiger partial charge in [0.05, 0.1) is 0 Å². The lowest BCUT2D eigenvalue weighted by atomic mass is 10.2. The van der Waals surface area contributed by atoms with E-state index in [1.165, 1.54) is 6.07 Å². The molecule has 0 aromatic heterocycles. The topological polar surface area (TPSA) is 9.23 Å². The van der Waals surface area contributed by atoms with E-state index in [1.807, 2.05) is 12.1 Å². The molecule has 1 nitrogen and oxygen atoms in total. The highest BCUT2D eigenvalue weighted by Crippen LogP contribution is 2.28. The second-order valence-corrected chi connectivity index (χ2v) is 4.64. The summed E-state index contributed by atoms with van der Waals surface area (Å²) in [5.41, 5.74) is 0.930. The van der Waals surface area contributed by atoms with Crippen molar-refractivity contribution in [2.45, 2.75) is 5.88 Å². The van der Waals surface area contributed by atoms with Gasteiger partial charge in [-0.05, 0) is 35.9 Å². The lowest BCUT2D eigenvalue weighted by Crippen LogP contribution is -1.89. The van der Waals surface area contributed by atoms with Gasteiger partial charge in [0.25, 0.3) is 0 Å². The van der Waals surface area contributed by atoms with Crippen LogP contribution in [-0.4, -0.2) is 0 Å². The van der Waals surface area contributed by atoms with Gasteiger partial charge in [-0.1, -0.05) is 28.1 Å². The summed E-state index contributed by atoms with van der Waals surface area (Å²) in [5.74, 6) is 0.758. The van der Waals surface area contributed by atoms with Crippen molar-refractivity contribution in [2.75, 3.05) is 0 Å². The molecule has 88 valence electrons. The molecular weight excluding hydrogens is 306 g/mol. The van der Waals surface area contributed by atoms with Gasteiger partial charge in [0.15, 0.2) is 11.6 Å². The molecule has 0 spiro atoms. The molecule has 2 aromatic carbocycles. The molecule has 0 fully saturated rings. The van der Waals surface area contributed by atoms with Crippen molar-refractivity contribution in [1.29, 1.82) is 0 Å². The minimum absolute atomic E-state index is 0.186. The fourth-order valence-corrected chi connectivity index (χ4v) is 1.88. The van der Waals surface area contributed by atoms with Crippen LogP contribution in [0.25, 0.3) is 0 Å². The van der Waals surface area contributed by atoms with Gasteiger partial charge in [-0.3, -0.25) is 0 Å². The smallest absolute Gasteiger partial charge is 0.165 e. The van der Waals surface area contributed by atoms with Crippen LogP contribution in [0.15, 0.2) is 46.9 Å². The van der Waals surface area contributed by atoms with E-state index in [4.69, 9.17) is 16.3 Å². The Bertz CT molecular complexity index is 531. The minimum Gasteiger partial charge on any atom is -0.454 e. The Balaban J connectivity index is 2.27. The monoisotopic (exact) mass is 314 g/mol. The quantitative estimate of drug-likeness (QED) is 0.714. The summed E-state index contributed by atoms with van der Waals surface area (Å²) < 4.78 is 19.7. The summed E-state index contributed by atoms with van der Waals surface area (Å²) >= 11 is 8.99. The van der Waals surface area contributed by atoms with Crippen molar-refractivity contribution in [3.8, 4) is 11.5 Å². The van der Waals surface area contributed by atoms with E-state index >= 15 is 0 Å². The molecule has 0 saturated heterocycles. The summed E-state index contributed by atoms with van der Waals surface area (Å²) in [7, 11) is 0. The second kappa shape index (κ2) is 5.52. The molecule has 2 aromatic rings. The fraction of sp³-hybridized carbons (Fsp3) is 0.0769. The zero-order valence-corrected chi connectivity index (χ0v) is 11.1. The predicted octanol–water partition coefficient (Wildman–Crippen LogP) is 5.12. The molecule has 0 radical (unpaired) electrons. The van der Waals surface area contributed by atoms with Crippen molar-refractivity contribution >= 4 is 27.5 Å². The maximum Gasteiger partial charge on any atom is 0.165 e. The van der Waals surface area contributed by atoms with E-state index in [-0.39, 0.29) is 5.75 Å². The van der Waals surface area contributed by atoms with Gasteiger partial charge in [0.1, 0.15) is 5.75 Å². The average molecular weight is 316 g/mol. The summed E-state index contributed by atoms with van der Waals surface area (Å²) in [6.07, 6.45) is 0. The van der Waals surface area contributed by atoms with Crippen molar-refractivity contribution in [3.63, 3.8) is 0 Å². The van der Waals surface area contributed by atoms with Gasteiger partial charge >= 0.3 is 0 Å². The third-order valence-electron chi connectivity index (χ3n) is 2.17. The Kier molecular flexibility index (Phi) is 4.02. The van der Waals surface area contributed by atoms with Gasteiger partial charge in [-0.25, -0.2) is 4.39 Å². The summed E-state index contributed by atoms with van der Waals surface area (Å²) in [4.78, 5) is 0. The Hall–Kier alpha value is -1.06. The average Bonchev–Trinajstić information content (AvgIpc) is 2.34. The first-order valence-electron chi connectivity index (χ1n) is 4.97. The zero-order chi connectivity index (χ0) is 12.3. The highest BCUT2D eigenvalue weighted by molar-refractivity contribution is 9.10. The van der Waals surface area contributed by atoms with Crippen LogP contribution in [0.5, 0.6) is 11.5 Å². The van der Waals surface area contributed by atoms with Gasteiger partial charge in [-0.15, -0.1) is 11.6 Å². The van der Waals surface area contributed by atoms with Gasteiger partial charge in [0.2, 0.25) is 0 Å². The van der Waals surface area contributed by atoms with Crippen LogP contribution < -0.4 is 4.74 Å². The molecule has 0 bridgehead atoms. The number of alkyl halides is 1. The predicted molar refractivity (Wildman–Crippen MR) is 70.2 cm³/mol.